The van der Waals surface area contributed by atoms with Crippen molar-refractivity contribution in [2.45, 2.75) is 0 Å². The predicted octanol–water partition coefficient (Wildman–Crippen LogP) is 2.09. The molecule has 2 aromatic carbocycles. The van der Waals surface area contributed by atoms with Crippen LogP contribution in [0.5, 0.6) is 5.75 Å². The molecular weight excluding hydrogens is 256 g/mol. The molecule has 104 valence electrons. The minimum Gasteiger partial charge on any atom is -0.490 e. The van der Waals surface area contributed by atoms with Crippen molar-refractivity contribution in [1.29, 1.82) is 0 Å². The molecule has 0 spiro atoms. The van der Waals surface area contributed by atoms with Gasteiger partial charge in [0.1, 0.15) is 19.0 Å². The number of rotatable bonds is 5. The van der Waals surface area contributed by atoms with Crippen molar-refractivity contribution >= 4 is 17.3 Å². The van der Waals surface area contributed by atoms with Gasteiger partial charge in [0.25, 0.3) is 0 Å². The Morgan fingerprint density at radius 1 is 0.950 bits per heavy atom. The lowest BCUT2D eigenvalue weighted by Gasteiger charge is -2.08. The Bertz CT molecular complexity index is 565. The molecule has 5 heteroatoms. The number of hydrogen-bond acceptors (Lipinski definition) is 5. The molecule has 0 aliphatic carbocycles. The summed E-state index contributed by atoms with van der Waals surface area (Å²) in [6.07, 6.45) is 0. The van der Waals surface area contributed by atoms with Gasteiger partial charge in [-0.3, -0.25) is 0 Å². The Labute approximate surface area is 117 Å². The second-order valence-electron chi connectivity index (χ2n) is 4.19. The molecule has 0 amide bonds. The second-order valence-corrected chi connectivity index (χ2v) is 4.19. The van der Waals surface area contributed by atoms with Crippen LogP contribution in [0.4, 0.5) is 11.4 Å². The van der Waals surface area contributed by atoms with Gasteiger partial charge < -0.3 is 20.9 Å². The molecule has 0 aliphatic rings. The van der Waals surface area contributed by atoms with E-state index in [4.69, 9.17) is 20.9 Å². The second kappa shape index (κ2) is 6.47. The molecule has 2 aromatic rings. The van der Waals surface area contributed by atoms with Gasteiger partial charge in [0, 0.05) is 11.4 Å². The first-order valence-electron chi connectivity index (χ1n) is 6.16. The highest BCUT2D eigenvalue weighted by Gasteiger charge is 2.08. The van der Waals surface area contributed by atoms with Crippen LogP contribution in [-0.2, 0) is 4.74 Å². The summed E-state index contributed by atoms with van der Waals surface area (Å²) in [6, 6.07) is 13.9. The fourth-order valence-electron chi connectivity index (χ4n) is 1.69. The lowest BCUT2D eigenvalue weighted by Crippen LogP contribution is -2.13. The fourth-order valence-corrected chi connectivity index (χ4v) is 1.69. The minimum absolute atomic E-state index is 0.155. The van der Waals surface area contributed by atoms with Gasteiger partial charge in [0.2, 0.25) is 0 Å². The Morgan fingerprint density at radius 2 is 1.60 bits per heavy atom. The molecule has 0 heterocycles. The summed E-state index contributed by atoms with van der Waals surface area (Å²) in [4.78, 5) is 11.8. The number of hydrogen-bond donors (Lipinski definition) is 2. The number of ether oxygens (including phenoxy) is 2. The van der Waals surface area contributed by atoms with Crippen LogP contribution in [0.15, 0.2) is 48.5 Å². The minimum atomic E-state index is -0.472. The zero-order valence-corrected chi connectivity index (χ0v) is 10.9. The predicted molar refractivity (Wildman–Crippen MR) is 77.5 cm³/mol. The Kier molecular flexibility index (Phi) is 4.44. The highest BCUT2D eigenvalue weighted by atomic mass is 16.6. The van der Waals surface area contributed by atoms with Gasteiger partial charge in [0.05, 0.1) is 5.56 Å². The van der Waals surface area contributed by atoms with E-state index in [2.05, 4.69) is 0 Å². The van der Waals surface area contributed by atoms with Crippen LogP contribution in [0, 0.1) is 0 Å². The number of carbonyl (C=O) groups is 1. The van der Waals surface area contributed by atoms with Crippen LogP contribution in [0.1, 0.15) is 10.4 Å². The van der Waals surface area contributed by atoms with E-state index < -0.39 is 5.97 Å². The highest BCUT2D eigenvalue weighted by molar-refractivity contribution is 5.91. The molecule has 0 saturated carbocycles. The van der Waals surface area contributed by atoms with E-state index in [1.54, 1.807) is 6.07 Å². The maximum atomic E-state index is 11.8. The Balaban J connectivity index is 1.80. The SMILES string of the molecule is Nc1cc(N)cc(C(=O)OCCOc2ccccc2)c1. The average molecular weight is 272 g/mol. The van der Waals surface area contributed by atoms with Crippen LogP contribution in [0.3, 0.4) is 0 Å². The monoisotopic (exact) mass is 272 g/mol. The zero-order chi connectivity index (χ0) is 14.4. The van der Waals surface area contributed by atoms with E-state index in [-0.39, 0.29) is 13.2 Å². The van der Waals surface area contributed by atoms with Crippen molar-refractivity contribution in [2.75, 3.05) is 24.7 Å². The summed E-state index contributed by atoms with van der Waals surface area (Å²) in [6.45, 7) is 0.440. The third-order valence-electron chi connectivity index (χ3n) is 2.54. The third kappa shape index (κ3) is 3.91. The topological polar surface area (TPSA) is 87.6 Å². The van der Waals surface area contributed by atoms with E-state index in [1.807, 2.05) is 30.3 Å². The Morgan fingerprint density at radius 3 is 2.25 bits per heavy atom. The van der Waals surface area contributed by atoms with Gasteiger partial charge in [-0.25, -0.2) is 4.79 Å². The van der Waals surface area contributed by atoms with Crippen molar-refractivity contribution in [3.05, 3.63) is 54.1 Å². The number of anilines is 2. The molecule has 20 heavy (non-hydrogen) atoms. The van der Waals surface area contributed by atoms with E-state index in [0.717, 1.165) is 5.75 Å². The van der Waals surface area contributed by atoms with Crippen LogP contribution in [-0.4, -0.2) is 19.2 Å². The highest BCUT2D eigenvalue weighted by Crippen LogP contribution is 2.14. The van der Waals surface area contributed by atoms with Crippen LogP contribution in [0.2, 0.25) is 0 Å². The van der Waals surface area contributed by atoms with E-state index in [1.165, 1.54) is 12.1 Å². The normalized spacial score (nSPS) is 10.0. The summed E-state index contributed by atoms with van der Waals surface area (Å²) in [5.41, 5.74) is 12.4. The number of esters is 1. The molecule has 0 radical (unpaired) electrons. The summed E-state index contributed by atoms with van der Waals surface area (Å²) in [7, 11) is 0. The molecule has 0 aromatic heterocycles. The number of benzene rings is 2. The fraction of sp³-hybridized carbons (Fsp3) is 0.133. The van der Waals surface area contributed by atoms with Gasteiger partial charge >= 0.3 is 5.97 Å². The molecule has 0 atom stereocenters. The van der Waals surface area contributed by atoms with Crippen molar-refractivity contribution in [2.24, 2.45) is 0 Å². The summed E-state index contributed by atoms with van der Waals surface area (Å²) in [5, 5.41) is 0. The number of nitrogens with two attached hydrogens (primary N) is 2. The zero-order valence-electron chi connectivity index (χ0n) is 10.9. The van der Waals surface area contributed by atoms with Crippen LogP contribution >= 0.6 is 0 Å². The van der Waals surface area contributed by atoms with E-state index in [0.29, 0.717) is 16.9 Å². The number of carbonyl (C=O) groups excluding carboxylic acids is 1. The third-order valence-corrected chi connectivity index (χ3v) is 2.54. The van der Waals surface area contributed by atoms with Gasteiger partial charge in [0.15, 0.2) is 0 Å². The molecule has 4 N–H and O–H groups in total. The maximum absolute atomic E-state index is 11.8. The number of para-hydroxylation sites is 1. The summed E-state index contributed by atoms with van der Waals surface area (Å²) in [5.74, 6) is 0.261. The van der Waals surface area contributed by atoms with Crippen LogP contribution in [0.25, 0.3) is 0 Å². The molecule has 0 saturated heterocycles. The van der Waals surface area contributed by atoms with E-state index in [9.17, 15) is 4.79 Å². The molecule has 0 fully saturated rings. The van der Waals surface area contributed by atoms with Crippen molar-refractivity contribution in [1.82, 2.24) is 0 Å². The number of nitrogen functional groups attached to an aromatic ring is 2. The van der Waals surface area contributed by atoms with Crippen molar-refractivity contribution < 1.29 is 14.3 Å². The molecular formula is C15H16N2O3. The molecule has 0 aliphatic heterocycles. The summed E-state index contributed by atoms with van der Waals surface area (Å²) >= 11 is 0. The molecule has 0 unspecified atom stereocenters. The molecule has 0 bridgehead atoms. The van der Waals surface area contributed by atoms with Gasteiger partial charge in [-0.05, 0) is 30.3 Å². The molecule has 5 nitrogen and oxygen atoms in total. The first kappa shape index (κ1) is 13.7. The first-order valence-corrected chi connectivity index (χ1v) is 6.16. The smallest absolute Gasteiger partial charge is 0.338 e. The van der Waals surface area contributed by atoms with Gasteiger partial charge in [-0.15, -0.1) is 0 Å². The van der Waals surface area contributed by atoms with Gasteiger partial charge in [-0.2, -0.15) is 0 Å². The lowest BCUT2D eigenvalue weighted by molar-refractivity contribution is 0.0450. The Hall–Kier alpha value is -2.69. The van der Waals surface area contributed by atoms with Crippen molar-refractivity contribution in [3.63, 3.8) is 0 Å². The van der Waals surface area contributed by atoms with E-state index >= 15 is 0 Å². The lowest BCUT2D eigenvalue weighted by atomic mass is 10.2. The van der Waals surface area contributed by atoms with Crippen LogP contribution < -0.4 is 16.2 Å². The standard InChI is InChI=1S/C15H16N2O3/c16-12-8-11(9-13(17)10-12)15(18)20-7-6-19-14-4-2-1-3-5-14/h1-5,8-10H,6-7,16-17H2. The maximum Gasteiger partial charge on any atom is 0.338 e. The summed E-state index contributed by atoms with van der Waals surface area (Å²) < 4.78 is 10.5. The largest absolute Gasteiger partial charge is 0.490 e. The first-order chi connectivity index (χ1) is 9.65. The van der Waals surface area contributed by atoms with Crippen molar-refractivity contribution in [3.8, 4) is 5.75 Å². The van der Waals surface area contributed by atoms with Gasteiger partial charge in [-0.1, -0.05) is 18.2 Å². The molecule has 2 rings (SSSR count). The average Bonchev–Trinajstić information content (AvgIpc) is 2.43. The quantitative estimate of drug-likeness (QED) is 0.494.